The maximum absolute atomic E-state index is 13.2. The Morgan fingerprint density at radius 2 is 1.50 bits per heavy atom. The molecule has 9 heteroatoms. The third-order valence-corrected chi connectivity index (χ3v) is 6.14. The van der Waals surface area contributed by atoms with E-state index in [0.29, 0.717) is 31.2 Å². The summed E-state index contributed by atoms with van der Waals surface area (Å²) in [4.78, 5) is 37.9. The number of nitrogens with one attached hydrogen (secondary N) is 3. The zero-order valence-corrected chi connectivity index (χ0v) is 22.2. The van der Waals surface area contributed by atoms with E-state index in [1.807, 2.05) is 51.1 Å². The van der Waals surface area contributed by atoms with Crippen LogP contribution in [0.2, 0.25) is 0 Å². The van der Waals surface area contributed by atoms with E-state index in [9.17, 15) is 14.4 Å². The highest BCUT2D eigenvalue weighted by atomic mass is 16.6. The first-order valence-electron chi connectivity index (χ1n) is 12.9. The molecule has 0 heterocycles. The molecule has 1 aliphatic rings. The van der Waals surface area contributed by atoms with Gasteiger partial charge in [0.15, 0.2) is 0 Å². The molecule has 1 unspecified atom stereocenters. The molecule has 0 saturated heterocycles. The van der Waals surface area contributed by atoms with Gasteiger partial charge in [-0.05, 0) is 69.7 Å². The molecule has 1 saturated carbocycles. The standard InChI is InChI=1S/C29H36N4O5/c1-29(2,3)38-28(36)32-24-15-13-23(14-16-24)31-26(34)25(17-20-9-11-21(18-30)12-10-20)33-27(35)37-19-22-7-5-4-6-8-22/h4-12,23-25H,13-17,19H2,1-3H3,(H,31,34)(H,32,36)(H,33,35). The molecule has 38 heavy (non-hydrogen) atoms. The Bertz CT molecular complexity index is 1110. The summed E-state index contributed by atoms with van der Waals surface area (Å²) in [5, 5.41) is 17.7. The van der Waals surface area contributed by atoms with Gasteiger partial charge in [0.2, 0.25) is 5.91 Å². The third kappa shape index (κ3) is 9.77. The summed E-state index contributed by atoms with van der Waals surface area (Å²) in [5.41, 5.74) is 1.60. The Labute approximate surface area is 223 Å². The Balaban J connectivity index is 1.56. The van der Waals surface area contributed by atoms with Crippen LogP contribution in [0.25, 0.3) is 0 Å². The average molecular weight is 521 g/mol. The molecule has 1 atom stereocenters. The lowest BCUT2D eigenvalue weighted by atomic mass is 9.91. The van der Waals surface area contributed by atoms with Gasteiger partial charge in [0.1, 0.15) is 18.2 Å². The number of rotatable bonds is 8. The summed E-state index contributed by atoms with van der Waals surface area (Å²) in [6.07, 6.45) is 1.91. The Morgan fingerprint density at radius 1 is 0.895 bits per heavy atom. The number of nitriles is 1. The number of ether oxygens (including phenoxy) is 2. The number of amides is 3. The largest absolute Gasteiger partial charge is 0.445 e. The van der Waals surface area contributed by atoms with E-state index in [1.54, 1.807) is 24.3 Å². The second-order valence-electron chi connectivity index (χ2n) is 10.5. The molecule has 1 aliphatic carbocycles. The lowest BCUT2D eigenvalue weighted by Gasteiger charge is -2.31. The lowest BCUT2D eigenvalue weighted by molar-refractivity contribution is -0.124. The maximum Gasteiger partial charge on any atom is 0.408 e. The zero-order valence-electron chi connectivity index (χ0n) is 22.2. The lowest BCUT2D eigenvalue weighted by Crippen LogP contribution is -2.52. The van der Waals surface area contributed by atoms with E-state index in [2.05, 4.69) is 22.0 Å². The second kappa shape index (κ2) is 13.5. The summed E-state index contributed by atoms with van der Waals surface area (Å²) < 4.78 is 10.7. The predicted molar refractivity (Wildman–Crippen MR) is 142 cm³/mol. The Hall–Kier alpha value is -4.06. The number of carbonyl (C=O) groups is 3. The number of nitrogens with zero attached hydrogens (tertiary/aromatic N) is 1. The van der Waals surface area contributed by atoms with Gasteiger partial charge in [-0.2, -0.15) is 5.26 Å². The van der Waals surface area contributed by atoms with Crippen LogP contribution in [0.4, 0.5) is 9.59 Å². The van der Waals surface area contributed by atoms with Crippen LogP contribution in [-0.4, -0.2) is 41.8 Å². The number of alkyl carbamates (subject to hydrolysis) is 2. The molecular formula is C29H36N4O5. The molecule has 1 fully saturated rings. The van der Waals surface area contributed by atoms with Gasteiger partial charge in [0, 0.05) is 18.5 Å². The first-order chi connectivity index (χ1) is 18.1. The minimum absolute atomic E-state index is 0.0152. The first kappa shape index (κ1) is 28.5. The van der Waals surface area contributed by atoms with Crippen molar-refractivity contribution in [2.45, 2.75) is 83.2 Å². The van der Waals surface area contributed by atoms with Crippen LogP contribution in [0.15, 0.2) is 54.6 Å². The quantitative estimate of drug-likeness (QED) is 0.475. The molecule has 202 valence electrons. The molecule has 0 radical (unpaired) electrons. The van der Waals surface area contributed by atoms with Crippen molar-refractivity contribution in [2.75, 3.05) is 0 Å². The van der Waals surface area contributed by atoms with Gasteiger partial charge in [0.25, 0.3) is 0 Å². The van der Waals surface area contributed by atoms with Gasteiger partial charge in [-0.15, -0.1) is 0 Å². The van der Waals surface area contributed by atoms with Gasteiger partial charge >= 0.3 is 12.2 Å². The molecule has 0 aliphatic heterocycles. The van der Waals surface area contributed by atoms with E-state index < -0.39 is 23.8 Å². The fraction of sp³-hybridized carbons (Fsp3) is 0.448. The van der Waals surface area contributed by atoms with Gasteiger partial charge in [0.05, 0.1) is 11.6 Å². The highest BCUT2D eigenvalue weighted by Crippen LogP contribution is 2.20. The van der Waals surface area contributed by atoms with E-state index in [-0.39, 0.29) is 31.0 Å². The van der Waals surface area contributed by atoms with Crippen molar-refractivity contribution in [3.63, 3.8) is 0 Å². The highest BCUT2D eigenvalue weighted by Gasteiger charge is 2.28. The summed E-state index contributed by atoms with van der Waals surface area (Å²) >= 11 is 0. The van der Waals surface area contributed by atoms with Crippen molar-refractivity contribution in [2.24, 2.45) is 0 Å². The van der Waals surface area contributed by atoms with Crippen LogP contribution in [0.3, 0.4) is 0 Å². The highest BCUT2D eigenvalue weighted by molar-refractivity contribution is 5.86. The molecule has 0 aromatic heterocycles. The van der Waals surface area contributed by atoms with Crippen LogP contribution >= 0.6 is 0 Å². The second-order valence-corrected chi connectivity index (χ2v) is 10.5. The van der Waals surface area contributed by atoms with Crippen molar-refractivity contribution in [3.05, 3.63) is 71.3 Å². The number of carbonyl (C=O) groups excluding carboxylic acids is 3. The summed E-state index contributed by atoms with van der Waals surface area (Å²) in [6.45, 7) is 5.54. The van der Waals surface area contributed by atoms with Crippen LogP contribution in [0.1, 0.15) is 63.1 Å². The number of hydrogen-bond acceptors (Lipinski definition) is 6. The number of benzene rings is 2. The van der Waals surface area contributed by atoms with E-state index in [1.165, 1.54) is 0 Å². The Morgan fingerprint density at radius 3 is 2.08 bits per heavy atom. The smallest absolute Gasteiger partial charge is 0.408 e. The summed E-state index contributed by atoms with van der Waals surface area (Å²) in [7, 11) is 0. The molecular weight excluding hydrogens is 484 g/mol. The minimum atomic E-state index is -0.858. The fourth-order valence-corrected chi connectivity index (χ4v) is 4.23. The molecule has 0 spiro atoms. The minimum Gasteiger partial charge on any atom is -0.445 e. The number of hydrogen-bond donors (Lipinski definition) is 3. The van der Waals surface area contributed by atoms with E-state index >= 15 is 0 Å². The van der Waals surface area contributed by atoms with Crippen molar-refractivity contribution < 1.29 is 23.9 Å². The molecule has 2 aromatic rings. The zero-order chi connectivity index (χ0) is 27.5. The molecule has 3 rings (SSSR count). The molecule has 0 bridgehead atoms. The summed E-state index contributed by atoms with van der Waals surface area (Å²) in [6, 6.07) is 17.3. The molecule has 2 aromatic carbocycles. The fourth-order valence-electron chi connectivity index (χ4n) is 4.23. The van der Waals surface area contributed by atoms with Gasteiger partial charge in [-0.25, -0.2) is 9.59 Å². The SMILES string of the molecule is CC(C)(C)OC(=O)NC1CCC(NC(=O)C(Cc2ccc(C#N)cc2)NC(=O)OCc2ccccc2)CC1. The van der Waals surface area contributed by atoms with Crippen molar-refractivity contribution in [3.8, 4) is 6.07 Å². The monoisotopic (exact) mass is 520 g/mol. The van der Waals surface area contributed by atoms with Crippen molar-refractivity contribution in [1.82, 2.24) is 16.0 Å². The summed E-state index contributed by atoms with van der Waals surface area (Å²) in [5.74, 6) is -0.311. The average Bonchev–Trinajstić information content (AvgIpc) is 2.88. The predicted octanol–water partition coefficient (Wildman–Crippen LogP) is 4.35. The normalized spacial score (nSPS) is 17.8. The van der Waals surface area contributed by atoms with Crippen LogP contribution in [-0.2, 0) is 27.3 Å². The maximum atomic E-state index is 13.2. The van der Waals surface area contributed by atoms with Gasteiger partial charge < -0.3 is 25.4 Å². The molecule has 3 amide bonds. The third-order valence-electron chi connectivity index (χ3n) is 6.14. The van der Waals surface area contributed by atoms with E-state index in [0.717, 1.165) is 11.1 Å². The first-order valence-corrected chi connectivity index (χ1v) is 12.9. The molecule has 3 N–H and O–H groups in total. The Kier molecular flexibility index (Phi) is 10.1. The van der Waals surface area contributed by atoms with Crippen LogP contribution in [0.5, 0.6) is 0 Å². The van der Waals surface area contributed by atoms with Crippen LogP contribution in [0, 0.1) is 11.3 Å². The van der Waals surface area contributed by atoms with Crippen molar-refractivity contribution in [1.29, 1.82) is 5.26 Å². The van der Waals surface area contributed by atoms with Crippen molar-refractivity contribution >= 4 is 18.1 Å². The van der Waals surface area contributed by atoms with Gasteiger partial charge in [-0.1, -0.05) is 42.5 Å². The molecule has 9 nitrogen and oxygen atoms in total. The van der Waals surface area contributed by atoms with Gasteiger partial charge in [-0.3, -0.25) is 4.79 Å². The van der Waals surface area contributed by atoms with E-state index in [4.69, 9.17) is 14.7 Å². The topological polar surface area (TPSA) is 130 Å². The van der Waals surface area contributed by atoms with Crippen LogP contribution < -0.4 is 16.0 Å².